The molecule has 0 bridgehead atoms. The number of likely N-dealkylation sites (tertiary alicyclic amines) is 1. The van der Waals surface area contributed by atoms with Crippen molar-refractivity contribution in [3.8, 4) is 0 Å². The van der Waals surface area contributed by atoms with Crippen LogP contribution in [0, 0.1) is 0 Å². The van der Waals surface area contributed by atoms with E-state index in [4.69, 9.17) is 0 Å². The van der Waals surface area contributed by atoms with Gasteiger partial charge in [0.15, 0.2) is 0 Å². The maximum atomic E-state index is 3.63. The Hall–Kier alpha value is -0.120. The third-order valence-electron chi connectivity index (χ3n) is 2.93. The van der Waals surface area contributed by atoms with Crippen LogP contribution in [0.5, 0.6) is 0 Å². The Balaban J connectivity index is 0.00000169. The molecule has 0 spiro atoms. The summed E-state index contributed by atoms with van der Waals surface area (Å²) in [5.41, 5.74) is 0. The highest BCUT2D eigenvalue weighted by molar-refractivity contribution is 4.71. The fourth-order valence-corrected chi connectivity index (χ4v) is 1.98. The number of nitrogens with zero attached hydrogens (tertiary/aromatic N) is 1. The van der Waals surface area contributed by atoms with Crippen LogP contribution >= 0.6 is 0 Å². The SMILES string of the molecule is CCCCCNC1CCCCN1C.O. The van der Waals surface area contributed by atoms with Gasteiger partial charge in [0.25, 0.3) is 0 Å². The van der Waals surface area contributed by atoms with Crippen molar-refractivity contribution in [2.45, 2.75) is 51.6 Å². The first-order valence-corrected chi connectivity index (χ1v) is 5.78. The molecular formula is C11H26N2O. The van der Waals surface area contributed by atoms with Crippen molar-refractivity contribution in [2.75, 3.05) is 20.1 Å². The van der Waals surface area contributed by atoms with Crippen LogP contribution < -0.4 is 5.32 Å². The number of hydrogen-bond donors (Lipinski definition) is 1. The van der Waals surface area contributed by atoms with Gasteiger partial charge in [-0.3, -0.25) is 4.90 Å². The summed E-state index contributed by atoms with van der Waals surface area (Å²) in [4.78, 5) is 2.45. The summed E-state index contributed by atoms with van der Waals surface area (Å²) in [6.45, 7) is 4.72. The van der Waals surface area contributed by atoms with E-state index in [0.29, 0.717) is 6.17 Å². The Morgan fingerprint density at radius 1 is 1.29 bits per heavy atom. The second-order valence-electron chi connectivity index (χ2n) is 4.15. The lowest BCUT2D eigenvalue weighted by atomic mass is 10.1. The van der Waals surface area contributed by atoms with Crippen LogP contribution in [0.1, 0.15) is 45.4 Å². The van der Waals surface area contributed by atoms with E-state index >= 15 is 0 Å². The van der Waals surface area contributed by atoms with Crippen LogP contribution in [0.25, 0.3) is 0 Å². The number of unbranched alkanes of at least 4 members (excludes halogenated alkanes) is 2. The summed E-state index contributed by atoms with van der Waals surface area (Å²) in [6.07, 6.45) is 8.79. The van der Waals surface area contributed by atoms with E-state index in [2.05, 4.69) is 24.2 Å². The van der Waals surface area contributed by atoms with Gasteiger partial charge in [0.05, 0.1) is 6.17 Å². The minimum absolute atomic E-state index is 0. The van der Waals surface area contributed by atoms with Gasteiger partial charge in [0.1, 0.15) is 0 Å². The molecule has 1 heterocycles. The van der Waals surface area contributed by atoms with Gasteiger partial charge in [-0.15, -0.1) is 0 Å². The average molecular weight is 202 g/mol. The molecule has 1 fully saturated rings. The largest absolute Gasteiger partial charge is 0.412 e. The van der Waals surface area contributed by atoms with Crippen molar-refractivity contribution in [3.05, 3.63) is 0 Å². The molecule has 1 rings (SSSR count). The maximum absolute atomic E-state index is 3.63. The fourth-order valence-electron chi connectivity index (χ4n) is 1.98. The van der Waals surface area contributed by atoms with Crippen LogP contribution in [-0.4, -0.2) is 36.7 Å². The van der Waals surface area contributed by atoms with E-state index in [1.54, 1.807) is 0 Å². The molecule has 86 valence electrons. The van der Waals surface area contributed by atoms with Crippen LogP contribution in [0.4, 0.5) is 0 Å². The highest BCUT2D eigenvalue weighted by atomic mass is 16.0. The molecule has 0 amide bonds. The first kappa shape index (κ1) is 13.9. The molecule has 3 heteroatoms. The maximum Gasteiger partial charge on any atom is 0.0594 e. The van der Waals surface area contributed by atoms with E-state index in [1.807, 2.05) is 0 Å². The minimum Gasteiger partial charge on any atom is -0.412 e. The molecule has 1 atom stereocenters. The molecule has 1 aliphatic heterocycles. The van der Waals surface area contributed by atoms with Gasteiger partial charge < -0.3 is 10.8 Å². The highest BCUT2D eigenvalue weighted by Crippen LogP contribution is 2.12. The van der Waals surface area contributed by atoms with Gasteiger partial charge in [0.2, 0.25) is 0 Å². The Morgan fingerprint density at radius 3 is 2.71 bits per heavy atom. The minimum atomic E-state index is 0. The second-order valence-corrected chi connectivity index (χ2v) is 4.15. The quantitative estimate of drug-likeness (QED) is 0.685. The van der Waals surface area contributed by atoms with Crippen molar-refractivity contribution in [2.24, 2.45) is 0 Å². The van der Waals surface area contributed by atoms with Gasteiger partial charge in [-0.05, 0) is 45.8 Å². The summed E-state index contributed by atoms with van der Waals surface area (Å²) < 4.78 is 0. The first-order valence-electron chi connectivity index (χ1n) is 5.78. The lowest BCUT2D eigenvalue weighted by Gasteiger charge is -2.33. The summed E-state index contributed by atoms with van der Waals surface area (Å²) in [5.74, 6) is 0. The second kappa shape index (κ2) is 8.21. The molecule has 1 aliphatic rings. The van der Waals surface area contributed by atoms with E-state index in [0.717, 1.165) is 0 Å². The van der Waals surface area contributed by atoms with Crippen LogP contribution in [0.15, 0.2) is 0 Å². The molecule has 0 saturated carbocycles. The Labute approximate surface area is 88.2 Å². The average Bonchev–Trinajstić information content (AvgIpc) is 2.15. The fraction of sp³-hybridized carbons (Fsp3) is 1.00. The zero-order valence-corrected chi connectivity index (χ0v) is 9.68. The Morgan fingerprint density at radius 2 is 2.07 bits per heavy atom. The smallest absolute Gasteiger partial charge is 0.0594 e. The van der Waals surface area contributed by atoms with Crippen LogP contribution in [-0.2, 0) is 0 Å². The zero-order chi connectivity index (χ0) is 9.52. The number of hydrogen-bond acceptors (Lipinski definition) is 2. The van der Waals surface area contributed by atoms with E-state index in [9.17, 15) is 0 Å². The Kier molecular flexibility index (Phi) is 8.14. The summed E-state index contributed by atoms with van der Waals surface area (Å²) in [6, 6.07) is 0. The van der Waals surface area contributed by atoms with Gasteiger partial charge in [0, 0.05) is 0 Å². The molecular weight excluding hydrogens is 176 g/mol. The van der Waals surface area contributed by atoms with Crippen LogP contribution in [0.2, 0.25) is 0 Å². The van der Waals surface area contributed by atoms with Crippen LogP contribution in [0.3, 0.4) is 0 Å². The van der Waals surface area contributed by atoms with E-state index < -0.39 is 0 Å². The molecule has 0 aromatic rings. The lowest BCUT2D eigenvalue weighted by molar-refractivity contribution is 0.153. The third-order valence-corrected chi connectivity index (χ3v) is 2.93. The number of rotatable bonds is 5. The number of piperidine rings is 1. The molecule has 0 aromatic heterocycles. The molecule has 0 aromatic carbocycles. The first-order chi connectivity index (χ1) is 6.34. The van der Waals surface area contributed by atoms with Crippen molar-refractivity contribution in [3.63, 3.8) is 0 Å². The van der Waals surface area contributed by atoms with Crippen molar-refractivity contribution < 1.29 is 5.48 Å². The molecule has 0 aliphatic carbocycles. The summed E-state index contributed by atoms with van der Waals surface area (Å²) >= 11 is 0. The van der Waals surface area contributed by atoms with Crippen molar-refractivity contribution in [1.82, 2.24) is 10.2 Å². The van der Waals surface area contributed by atoms with Gasteiger partial charge in [-0.2, -0.15) is 0 Å². The molecule has 3 nitrogen and oxygen atoms in total. The molecule has 3 N–H and O–H groups in total. The monoisotopic (exact) mass is 202 g/mol. The van der Waals surface area contributed by atoms with Crippen molar-refractivity contribution in [1.29, 1.82) is 0 Å². The normalized spacial score (nSPS) is 23.1. The third kappa shape index (κ3) is 4.94. The van der Waals surface area contributed by atoms with E-state index in [-0.39, 0.29) is 5.48 Å². The highest BCUT2D eigenvalue weighted by Gasteiger charge is 2.16. The predicted molar refractivity (Wildman–Crippen MR) is 61.4 cm³/mol. The summed E-state index contributed by atoms with van der Waals surface area (Å²) in [5, 5.41) is 3.63. The molecule has 1 unspecified atom stereocenters. The molecule has 14 heavy (non-hydrogen) atoms. The van der Waals surface area contributed by atoms with E-state index in [1.165, 1.54) is 51.6 Å². The van der Waals surface area contributed by atoms with Gasteiger partial charge in [-0.25, -0.2) is 0 Å². The van der Waals surface area contributed by atoms with Gasteiger partial charge >= 0.3 is 0 Å². The standard InChI is InChI=1S/C11H24N2.H2O/c1-3-4-6-9-12-11-8-5-7-10-13(11)2;/h11-12H,3-10H2,1-2H3;1H2. The predicted octanol–water partition coefficient (Wildman–Crippen LogP) is 1.38. The summed E-state index contributed by atoms with van der Waals surface area (Å²) in [7, 11) is 2.23. The molecule has 0 radical (unpaired) electrons. The topological polar surface area (TPSA) is 46.8 Å². The lowest BCUT2D eigenvalue weighted by Crippen LogP contribution is -2.46. The zero-order valence-electron chi connectivity index (χ0n) is 9.68. The van der Waals surface area contributed by atoms with Crippen molar-refractivity contribution >= 4 is 0 Å². The number of nitrogens with one attached hydrogen (secondary N) is 1. The van der Waals surface area contributed by atoms with Gasteiger partial charge in [-0.1, -0.05) is 19.8 Å². The molecule has 1 saturated heterocycles. The Bertz CT molecular complexity index is 130.